The summed E-state index contributed by atoms with van der Waals surface area (Å²) in [7, 11) is 0. The van der Waals surface area contributed by atoms with Crippen molar-refractivity contribution < 1.29 is 0 Å². The van der Waals surface area contributed by atoms with Crippen LogP contribution in [0.1, 0.15) is 36.0 Å². The van der Waals surface area contributed by atoms with E-state index in [1.807, 2.05) is 17.8 Å². The molecule has 0 saturated carbocycles. The molecule has 0 fully saturated rings. The molecule has 0 bridgehead atoms. The van der Waals surface area contributed by atoms with Gasteiger partial charge in [-0.2, -0.15) is 11.8 Å². The lowest BCUT2D eigenvalue weighted by Gasteiger charge is -2.11. The monoisotopic (exact) mass is 285 g/mol. The second-order valence-corrected chi connectivity index (χ2v) is 5.98. The Morgan fingerprint density at radius 2 is 2.00 bits per heavy atom. The van der Waals surface area contributed by atoms with Crippen LogP contribution in [0, 0.1) is 0 Å². The molecule has 1 aliphatic rings. The van der Waals surface area contributed by atoms with E-state index in [2.05, 4.69) is 36.5 Å². The van der Waals surface area contributed by atoms with Gasteiger partial charge in [-0.3, -0.25) is 0 Å². The zero-order chi connectivity index (χ0) is 13.8. The van der Waals surface area contributed by atoms with Gasteiger partial charge in [-0.1, -0.05) is 37.3 Å². The van der Waals surface area contributed by atoms with E-state index in [4.69, 9.17) is 9.97 Å². The summed E-state index contributed by atoms with van der Waals surface area (Å²) in [6.07, 6.45) is 1.92. The third-order valence-corrected chi connectivity index (χ3v) is 4.34. The predicted octanol–water partition coefficient (Wildman–Crippen LogP) is 3.64. The average Bonchev–Trinajstić information content (AvgIpc) is 2.94. The number of hydrogen-bond donors (Lipinski definition) is 1. The summed E-state index contributed by atoms with van der Waals surface area (Å²) in [5.74, 6) is 4.02. The molecule has 3 rings (SSSR count). The Bertz CT molecular complexity index is 584. The van der Waals surface area contributed by atoms with Crippen molar-refractivity contribution in [1.29, 1.82) is 0 Å². The standard InChI is InChI=1S/C16H19N3S/c1-2-8-17-16-13-10-20-11-14(13)18-15(19-16)9-12-6-4-3-5-7-12/h3-7H,2,8-11H2,1H3,(H,17,18,19). The van der Waals surface area contributed by atoms with Crippen LogP contribution in [-0.2, 0) is 17.9 Å². The largest absolute Gasteiger partial charge is 0.370 e. The fourth-order valence-electron chi connectivity index (χ4n) is 2.35. The van der Waals surface area contributed by atoms with Gasteiger partial charge in [-0.15, -0.1) is 0 Å². The van der Waals surface area contributed by atoms with Gasteiger partial charge >= 0.3 is 0 Å². The molecule has 0 unspecified atom stereocenters. The Hall–Kier alpha value is -1.55. The summed E-state index contributed by atoms with van der Waals surface area (Å²) >= 11 is 1.92. The molecule has 0 spiro atoms. The van der Waals surface area contributed by atoms with Crippen LogP contribution >= 0.6 is 11.8 Å². The number of rotatable bonds is 5. The Morgan fingerprint density at radius 3 is 2.80 bits per heavy atom. The lowest BCUT2D eigenvalue weighted by molar-refractivity contribution is 0.905. The molecule has 0 atom stereocenters. The number of benzene rings is 1. The molecule has 0 amide bonds. The fraction of sp³-hybridized carbons (Fsp3) is 0.375. The maximum Gasteiger partial charge on any atom is 0.135 e. The number of fused-ring (bicyclic) bond motifs is 1. The topological polar surface area (TPSA) is 37.8 Å². The van der Waals surface area contributed by atoms with Crippen LogP contribution in [0.2, 0.25) is 0 Å². The second kappa shape index (κ2) is 6.27. The van der Waals surface area contributed by atoms with Crippen LogP contribution < -0.4 is 5.32 Å². The smallest absolute Gasteiger partial charge is 0.135 e. The van der Waals surface area contributed by atoms with Crippen molar-refractivity contribution in [2.75, 3.05) is 11.9 Å². The highest BCUT2D eigenvalue weighted by atomic mass is 32.2. The van der Waals surface area contributed by atoms with Gasteiger partial charge in [0.2, 0.25) is 0 Å². The molecule has 0 radical (unpaired) electrons. The van der Waals surface area contributed by atoms with E-state index in [0.29, 0.717) is 0 Å². The molecule has 20 heavy (non-hydrogen) atoms. The van der Waals surface area contributed by atoms with Crippen molar-refractivity contribution >= 4 is 17.6 Å². The number of nitrogens with one attached hydrogen (secondary N) is 1. The van der Waals surface area contributed by atoms with E-state index in [0.717, 1.165) is 42.5 Å². The number of nitrogens with zero attached hydrogens (tertiary/aromatic N) is 2. The molecule has 2 aromatic rings. The molecule has 2 heterocycles. The van der Waals surface area contributed by atoms with E-state index in [1.165, 1.54) is 16.8 Å². The van der Waals surface area contributed by atoms with Crippen LogP contribution in [0.4, 0.5) is 5.82 Å². The highest BCUT2D eigenvalue weighted by molar-refractivity contribution is 7.98. The lowest BCUT2D eigenvalue weighted by Crippen LogP contribution is -2.10. The third-order valence-electron chi connectivity index (χ3n) is 3.37. The quantitative estimate of drug-likeness (QED) is 0.910. The minimum absolute atomic E-state index is 0.805. The first-order valence-corrected chi connectivity index (χ1v) is 8.26. The predicted molar refractivity (Wildman–Crippen MR) is 85.1 cm³/mol. The van der Waals surface area contributed by atoms with Crippen molar-refractivity contribution in [3.8, 4) is 0 Å². The Balaban J connectivity index is 1.88. The van der Waals surface area contributed by atoms with Crippen molar-refractivity contribution in [3.63, 3.8) is 0 Å². The first-order chi connectivity index (χ1) is 9.86. The zero-order valence-corrected chi connectivity index (χ0v) is 12.5. The molecule has 104 valence electrons. The van der Waals surface area contributed by atoms with Crippen molar-refractivity contribution in [1.82, 2.24) is 9.97 Å². The van der Waals surface area contributed by atoms with E-state index >= 15 is 0 Å². The summed E-state index contributed by atoms with van der Waals surface area (Å²) in [5.41, 5.74) is 3.79. The number of anilines is 1. The zero-order valence-electron chi connectivity index (χ0n) is 11.7. The van der Waals surface area contributed by atoms with Crippen molar-refractivity contribution in [2.24, 2.45) is 0 Å². The van der Waals surface area contributed by atoms with Crippen LogP contribution in [-0.4, -0.2) is 16.5 Å². The lowest BCUT2D eigenvalue weighted by atomic mass is 10.1. The fourth-order valence-corrected chi connectivity index (χ4v) is 3.39. The second-order valence-electron chi connectivity index (χ2n) is 5.00. The molecule has 4 heteroatoms. The number of aromatic nitrogens is 2. The summed E-state index contributed by atoms with van der Waals surface area (Å²) in [6, 6.07) is 10.4. The van der Waals surface area contributed by atoms with Gasteiger partial charge in [0.15, 0.2) is 0 Å². The number of thioether (sulfide) groups is 1. The van der Waals surface area contributed by atoms with Crippen molar-refractivity contribution in [2.45, 2.75) is 31.3 Å². The number of hydrogen-bond acceptors (Lipinski definition) is 4. The Kier molecular flexibility index (Phi) is 4.21. The molecular formula is C16H19N3S. The minimum Gasteiger partial charge on any atom is -0.370 e. The molecule has 3 nitrogen and oxygen atoms in total. The summed E-state index contributed by atoms with van der Waals surface area (Å²) in [6.45, 7) is 3.15. The molecule has 1 aromatic heterocycles. The van der Waals surface area contributed by atoms with E-state index < -0.39 is 0 Å². The van der Waals surface area contributed by atoms with Gasteiger partial charge in [0.05, 0.1) is 5.69 Å². The normalized spacial score (nSPS) is 13.2. The van der Waals surface area contributed by atoms with Crippen LogP contribution in [0.5, 0.6) is 0 Å². The molecule has 1 aromatic carbocycles. The highest BCUT2D eigenvalue weighted by Gasteiger charge is 2.19. The van der Waals surface area contributed by atoms with Gasteiger partial charge in [0.1, 0.15) is 11.6 Å². The van der Waals surface area contributed by atoms with Crippen molar-refractivity contribution in [3.05, 3.63) is 53.0 Å². The molecule has 1 N–H and O–H groups in total. The van der Waals surface area contributed by atoms with Gasteiger partial charge in [0.25, 0.3) is 0 Å². The maximum atomic E-state index is 4.75. The highest BCUT2D eigenvalue weighted by Crippen LogP contribution is 2.33. The van der Waals surface area contributed by atoms with E-state index in [1.54, 1.807) is 0 Å². The summed E-state index contributed by atoms with van der Waals surface area (Å²) in [4.78, 5) is 9.49. The third kappa shape index (κ3) is 2.96. The first kappa shape index (κ1) is 13.4. The maximum absolute atomic E-state index is 4.75. The van der Waals surface area contributed by atoms with Gasteiger partial charge in [-0.05, 0) is 12.0 Å². The van der Waals surface area contributed by atoms with E-state index in [-0.39, 0.29) is 0 Å². The molecule has 0 aliphatic carbocycles. The molecular weight excluding hydrogens is 266 g/mol. The van der Waals surface area contributed by atoms with E-state index in [9.17, 15) is 0 Å². The SMILES string of the molecule is CCCNc1nc(Cc2ccccc2)nc2c1CSC2. The van der Waals surface area contributed by atoms with Crippen LogP contribution in [0.25, 0.3) is 0 Å². The van der Waals surface area contributed by atoms with Crippen LogP contribution in [0.15, 0.2) is 30.3 Å². The van der Waals surface area contributed by atoms with Gasteiger partial charge < -0.3 is 5.32 Å². The molecule has 1 aliphatic heterocycles. The summed E-state index contributed by atoms with van der Waals surface area (Å²) < 4.78 is 0. The van der Waals surface area contributed by atoms with Crippen LogP contribution in [0.3, 0.4) is 0 Å². The van der Waals surface area contributed by atoms with Gasteiger partial charge in [-0.25, -0.2) is 9.97 Å². The Morgan fingerprint density at radius 1 is 1.15 bits per heavy atom. The molecule has 0 saturated heterocycles. The first-order valence-electron chi connectivity index (χ1n) is 7.11. The average molecular weight is 285 g/mol. The Labute approximate surface area is 124 Å². The van der Waals surface area contributed by atoms with Gasteiger partial charge in [0, 0.05) is 30.0 Å². The summed E-state index contributed by atoms with van der Waals surface area (Å²) in [5, 5.41) is 3.46. The minimum atomic E-state index is 0.805.